The molecule has 6 heteroatoms. The molecule has 0 N–H and O–H groups in total. The molecule has 0 radical (unpaired) electrons. The van der Waals surface area contributed by atoms with E-state index in [0.717, 1.165) is 42.4 Å². The summed E-state index contributed by atoms with van der Waals surface area (Å²) in [5.41, 5.74) is 4.67. The van der Waals surface area contributed by atoms with Gasteiger partial charge in [-0.15, -0.1) is 22.7 Å². The number of thiophene rings is 2. The molecule has 4 unspecified atom stereocenters. The van der Waals surface area contributed by atoms with E-state index in [0.29, 0.717) is 20.9 Å². The fourth-order valence-corrected chi connectivity index (χ4v) is 7.75. The number of hydrogen-bond acceptors (Lipinski definition) is 2. The molecule has 7 rings (SSSR count). The minimum atomic E-state index is -1.76. The lowest BCUT2D eigenvalue weighted by molar-refractivity contribution is 0.174. The van der Waals surface area contributed by atoms with Crippen LogP contribution < -0.4 is 0 Å². The minimum absolute atomic E-state index is 0.320. The molecule has 38 heavy (non-hydrogen) atoms. The highest BCUT2D eigenvalue weighted by molar-refractivity contribution is 7.20. The molecule has 4 aromatic carbocycles. The van der Waals surface area contributed by atoms with E-state index in [-0.39, 0.29) is 0 Å². The second-order valence-corrected chi connectivity index (χ2v) is 11.7. The topological polar surface area (TPSA) is 0 Å². The maximum atomic E-state index is 15.2. The fourth-order valence-electron chi connectivity index (χ4n) is 5.31. The standard InChI is InChI=1S/C32H20F4S2/c33-27(17-7-3-1-4-8-17)29(35)23-15-19-11-13-21-25(31(19)37-23)22-14-12-20-16-24(38-32(20)26(21)22)30(36)28(34)18-9-5-2-6-10-18/h1-16,27-30H. The van der Waals surface area contributed by atoms with Crippen molar-refractivity contribution in [3.8, 4) is 22.3 Å². The van der Waals surface area contributed by atoms with Crippen LogP contribution in [0.25, 0.3) is 42.4 Å². The van der Waals surface area contributed by atoms with E-state index in [1.165, 1.54) is 22.7 Å². The van der Waals surface area contributed by atoms with Gasteiger partial charge in [-0.1, -0.05) is 84.9 Å². The summed E-state index contributed by atoms with van der Waals surface area (Å²) in [6, 6.07) is 28.1. The van der Waals surface area contributed by atoms with Gasteiger partial charge >= 0.3 is 0 Å². The number of alkyl halides is 4. The molecule has 1 aliphatic rings. The highest BCUT2D eigenvalue weighted by Gasteiger charge is 2.32. The quantitative estimate of drug-likeness (QED) is 0.183. The summed E-state index contributed by atoms with van der Waals surface area (Å²) >= 11 is 2.56. The third-order valence-electron chi connectivity index (χ3n) is 7.24. The zero-order valence-electron chi connectivity index (χ0n) is 19.9. The first-order valence-electron chi connectivity index (χ1n) is 12.3. The Labute approximate surface area is 224 Å². The van der Waals surface area contributed by atoms with Gasteiger partial charge in [-0.05, 0) is 45.2 Å². The van der Waals surface area contributed by atoms with Gasteiger partial charge in [0.25, 0.3) is 0 Å². The monoisotopic (exact) mass is 544 g/mol. The molecule has 0 nitrogen and oxygen atoms in total. The van der Waals surface area contributed by atoms with E-state index in [2.05, 4.69) is 0 Å². The Balaban J connectivity index is 1.24. The second-order valence-electron chi connectivity index (χ2n) is 9.54. The second kappa shape index (κ2) is 9.07. The average Bonchev–Trinajstić information content (AvgIpc) is 3.57. The molecule has 1 aliphatic carbocycles. The largest absolute Gasteiger partial charge is 0.239 e. The first-order valence-corrected chi connectivity index (χ1v) is 13.9. The predicted octanol–water partition coefficient (Wildman–Crippen LogP) is 11.2. The lowest BCUT2D eigenvalue weighted by Gasteiger charge is -2.25. The summed E-state index contributed by atoms with van der Waals surface area (Å²) in [6.45, 7) is 0. The molecule has 2 aromatic heterocycles. The molecular formula is C32H20F4S2. The Morgan fingerprint density at radius 1 is 0.447 bits per heavy atom. The Morgan fingerprint density at radius 3 is 1.24 bits per heavy atom. The summed E-state index contributed by atoms with van der Waals surface area (Å²) in [7, 11) is 0. The maximum absolute atomic E-state index is 15.2. The number of rotatable bonds is 6. The molecule has 2 heterocycles. The molecule has 0 fully saturated rings. The zero-order valence-corrected chi connectivity index (χ0v) is 21.5. The van der Waals surface area contributed by atoms with Crippen LogP contribution in [0, 0.1) is 0 Å². The number of halogens is 4. The van der Waals surface area contributed by atoms with Gasteiger partial charge in [-0.3, -0.25) is 0 Å². The predicted molar refractivity (Wildman–Crippen MR) is 150 cm³/mol. The summed E-state index contributed by atoms with van der Waals surface area (Å²) in [4.78, 5) is 0.709. The van der Waals surface area contributed by atoms with Crippen LogP contribution in [0.15, 0.2) is 97.1 Å². The molecule has 188 valence electrons. The van der Waals surface area contributed by atoms with Crippen molar-refractivity contribution in [2.24, 2.45) is 0 Å². The molecule has 0 spiro atoms. The van der Waals surface area contributed by atoms with Crippen LogP contribution in [-0.4, -0.2) is 0 Å². The van der Waals surface area contributed by atoms with E-state index in [4.69, 9.17) is 0 Å². The van der Waals surface area contributed by atoms with Gasteiger partial charge in [0.15, 0.2) is 24.7 Å². The molecule has 0 saturated heterocycles. The van der Waals surface area contributed by atoms with Crippen LogP contribution in [-0.2, 0) is 0 Å². The van der Waals surface area contributed by atoms with Gasteiger partial charge in [-0.25, -0.2) is 17.6 Å². The SMILES string of the molecule is FC(c1ccccc1)C(F)c1cc2ccc3c(c2s1)-c1ccc2cc(C(F)C(F)c4ccccc4)sc2c1-3. The highest BCUT2D eigenvalue weighted by atomic mass is 32.1. The van der Waals surface area contributed by atoms with Crippen molar-refractivity contribution in [1.29, 1.82) is 0 Å². The zero-order chi connectivity index (χ0) is 26.0. The van der Waals surface area contributed by atoms with Crippen LogP contribution in [0.2, 0.25) is 0 Å². The van der Waals surface area contributed by atoms with Crippen LogP contribution in [0.1, 0.15) is 45.6 Å². The van der Waals surface area contributed by atoms with Crippen molar-refractivity contribution in [1.82, 2.24) is 0 Å². The molecule has 0 saturated carbocycles. The average molecular weight is 545 g/mol. The Bertz CT molecular complexity index is 1640. The van der Waals surface area contributed by atoms with Crippen molar-refractivity contribution < 1.29 is 17.6 Å². The van der Waals surface area contributed by atoms with E-state index in [9.17, 15) is 8.78 Å². The molecular weight excluding hydrogens is 524 g/mol. The Morgan fingerprint density at radius 2 is 0.842 bits per heavy atom. The minimum Gasteiger partial charge on any atom is -0.239 e. The smallest absolute Gasteiger partial charge is 0.169 e. The summed E-state index contributed by atoms with van der Waals surface area (Å²) in [6.07, 6.45) is -7.00. The van der Waals surface area contributed by atoms with Gasteiger partial charge < -0.3 is 0 Å². The Hall–Kier alpha value is -3.48. The van der Waals surface area contributed by atoms with Gasteiger partial charge in [0.1, 0.15) is 0 Å². The van der Waals surface area contributed by atoms with Gasteiger partial charge in [-0.2, -0.15) is 0 Å². The van der Waals surface area contributed by atoms with Crippen LogP contribution >= 0.6 is 22.7 Å². The van der Waals surface area contributed by atoms with E-state index >= 15 is 8.78 Å². The van der Waals surface area contributed by atoms with Gasteiger partial charge in [0.05, 0.1) is 0 Å². The lowest BCUT2D eigenvalue weighted by Crippen LogP contribution is -2.00. The summed E-state index contributed by atoms with van der Waals surface area (Å²) < 4.78 is 62.2. The summed E-state index contributed by atoms with van der Waals surface area (Å²) in [5.74, 6) is 0. The fraction of sp³-hybridized carbons (Fsp3) is 0.125. The van der Waals surface area contributed by atoms with Crippen molar-refractivity contribution in [3.05, 3.63) is 118 Å². The number of hydrogen-bond donors (Lipinski definition) is 0. The van der Waals surface area contributed by atoms with Crippen molar-refractivity contribution in [2.75, 3.05) is 0 Å². The maximum Gasteiger partial charge on any atom is 0.169 e. The van der Waals surface area contributed by atoms with Crippen molar-refractivity contribution in [3.63, 3.8) is 0 Å². The van der Waals surface area contributed by atoms with E-state index in [1.807, 2.05) is 24.3 Å². The van der Waals surface area contributed by atoms with Crippen LogP contribution in [0.5, 0.6) is 0 Å². The number of benzene rings is 4. The lowest BCUT2D eigenvalue weighted by atomic mass is 9.79. The third-order valence-corrected chi connectivity index (χ3v) is 9.69. The molecule has 4 atom stereocenters. The number of fused-ring (bicyclic) bond motifs is 8. The van der Waals surface area contributed by atoms with Crippen molar-refractivity contribution >= 4 is 42.8 Å². The molecule has 0 aliphatic heterocycles. The van der Waals surface area contributed by atoms with Gasteiger partial charge in [0, 0.05) is 30.3 Å². The molecule has 6 aromatic rings. The van der Waals surface area contributed by atoms with Crippen molar-refractivity contribution in [2.45, 2.75) is 24.7 Å². The highest BCUT2D eigenvalue weighted by Crippen LogP contribution is 2.57. The van der Waals surface area contributed by atoms with Gasteiger partial charge in [0.2, 0.25) is 0 Å². The molecule has 0 bridgehead atoms. The first-order chi connectivity index (χ1) is 18.5. The van der Waals surface area contributed by atoms with E-state index < -0.39 is 24.7 Å². The first kappa shape index (κ1) is 23.6. The molecule has 0 amide bonds. The third kappa shape index (κ3) is 3.62. The van der Waals surface area contributed by atoms with Crippen LogP contribution in [0.4, 0.5) is 17.6 Å². The Kier molecular flexibility index (Phi) is 5.64. The van der Waals surface area contributed by atoms with Crippen LogP contribution in [0.3, 0.4) is 0 Å². The van der Waals surface area contributed by atoms with E-state index in [1.54, 1.807) is 72.8 Å². The summed E-state index contributed by atoms with van der Waals surface area (Å²) in [5, 5.41) is 1.74. The normalized spacial score (nSPS) is 15.5.